The van der Waals surface area contributed by atoms with Gasteiger partial charge in [0.05, 0.1) is 34.8 Å². The zero-order valence-corrected chi connectivity index (χ0v) is 25.2. The highest BCUT2D eigenvalue weighted by Gasteiger charge is 2.33. The molecule has 0 saturated carbocycles. The molecule has 0 fully saturated rings. The quantitative estimate of drug-likeness (QED) is 0.320. The van der Waals surface area contributed by atoms with E-state index in [1.807, 2.05) is 0 Å². The number of methoxy groups -OCH3 is 2. The molecule has 214 valence electrons. The van der Waals surface area contributed by atoms with Gasteiger partial charge < -0.3 is 19.7 Å². The number of hydrogen-bond acceptors (Lipinski definition) is 6. The second kappa shape index (κ2) is 13.5. The summed E-state index contributed by atoms with van der Waals surface area (Å²) >= 11 is 18.2. The second-order valence-electron chi connectivity index (χ2n) is 8.57. The number of halogens is 3. The van der Waals surface area contributed by atoms with Gasteiger partial charge in [0.2, 0.25) is 11.8 Å². The summed E-state index contributed by atoms with van der Waals surface area (Å²) in [7, 11) is -0.0591. The number of ether oxygens (including phenoxy) is 2. The standard InChI is InChI=1S/C27H28Cl3N3O6S/c1-17(27(35)31-2)32(15-18-5-11-22(29)23(30)13-18)26(34)16-33(20-8-6-19(28)7-9-20)40(36,37)21-10-12-24(38-3)25(14-21)39-4/h5-14,17H,15-16H2,1-4H3,(H,31,35)/t17-/m1/s1. The Bertz CT molecular complexity index is 1490. The molecule has 3 rings (SSSR count). The van der Waals surface area contributed by atoms with E-state index >= 15 is 0 Å². The van der Waals surface area contributed by atoms with Crippen molar-refractivity contribution in [2.75, 3.05) is 32.1 Å². The Hall–Kier alpha value is -3.18. The average molecular weight is 629 g/mol. The number of nitrogens with zero attached hydrogens (tertiary/aromatic N) is 2. The van der Waals surface area contributed by atoms with Crippen LogP contribution in [0.4, 0.5) is 5.69 Å². The van der Waals surface area contributed by atoms with Crippen molar-refractivity contribution in [1.82, 2.24) is 10.2 Å². The normalized spacial score (nSPS) is 11.9. The molecule has 3 aromatic rings. The summed E-state index contributed by atoms with van der Waals surface area (Å²) < 4.78 is 39.4. The molecule has 0 bridgehead atoms. The molecule has 2 amide bonds. The molecule has 0 radical (unpaired) electrons. The molecule has 1 N–H and O–H groups in total. The van der Waals surface area contributed by atoms with Crippen LogP contribution in [0.2, 0.25) is 15.1 Å². The summed E-state index contributed by atoms with van der Waals surface area (Å²) in [6.45, 7) is 0.889. The highest BCUT2D eigenvalue weighted by atomic mass is 35.5. The van der Waals surface area contributed by atoms with E-state index in [1.54, 1.807) is 25.1 Å². The van der Waals surface area contributed by atoms with Gasteiger partial charge >= 0.3 is 0 Å². The molecule has 0 heterocycles. The van der Waals surface area contributed by atoms with E-state index in [-0.39, 0.29) is 27.9 Å². The maximum absolute atomic E-state index is 14.0. The Morgan fingerprint density at radius 3 is 2.12 bits per heavy atom. The molecular weight excluding hydrogens is 601 g/mol. The lowest BCUT2D eigenvalue weighted by molar-refractivity contribution is -0.139. The summed E-state index contributed by atoms with van der Waals surface area (Å²) in [6.07, 6.45) is 0. The summed E-state index contributed by atoms with van der Waals surface area (Å²) in [5.74, 6) is -0.543. The summed E-state index contributed by atoms with van der Waals surface area (Å²) in [5, 5.41) is 3.51. The molecule has 13 heteroatoms. The predicted octanol–water partition coefficient (Wildman–Crippen LogP) is 5.02. The number of amides is 2. The maximum atomic E-state index is 14.0. The minimum Gasteiger partial charge on any atom is -0.493 e. The minimum atomic E-state index is -4.32. The van der Waals surface area contributed by atoms with Gasteiger partial charge in [-0.05, 0) is 61.0 Å². The molecule has 40 heavy (non-hydrogen) atoms. The van der Waals surface area contributed by atoms with Gasteiger partial charge in [0.25, 0.3) is 10.0 Å². The van der Waals surface area contributed by atoms with E-state index in [0.29, 0.717) is 21.4 Å². The Balaban J connectivity index is 2.07. The average Bonchev–Trinajstić information content (AvgIpc) is 2.95. The zero-order chi connectivity index (χ0) is 29.6. The third kappa shape index (κ3) is 7.11. The van der Waals surface area contributed by atoms with Gasteiger partial charge in [-0.25, -0.2) is 8.42 Å². The Morgan fingerprint density at radius 1 is 0.900 bits per heavy atom. The van der Waals surface area contributed by atoms with Crippen LogP contribution in [0.5, 0.6) is 11.5 Å². The topological polar surface area (TPSA) is 105 Å². The lowest BCUT2D eigenvalue weighted by Crippen LogP contribution is -2.50. The van der Waals surface area contributed by atoms with E-state index in [0.717, 1.165) is 4.31 Å². The number of carbonyl (C=O) groups excluding carboxylic acids is 2. The van der Waals surface area contributed by atoms with Crippen molar-refractivity contribution in [3.8, 4) is 11.5 Å². The molecule has 0 aliphatic heterocycles. The fourth-order valence-electron chi connectivity index (χ4n) is 3.87. The fraction of sp³-hybridized carbons (Fsp3) is 0.259. The lowest BCUT2D eigenvalue weighted by atomic mass is 10.1. The van der Waals surface area contributed by atoms with Crippen molar-refractivity contribution in [1.29, 1.82) is 0 Å². The van der Waals surface area contributed by atoms with E-state index < -0.39 is 34.4 Å². The van der Waals surface area contributed by atoms with Crippen molar-refractivity contribution < 1.29 is 27.5 Å². The molecule has 9 nitrogen and oxygen atoms in total. The van der Waals surface area contributed by atoms with Gasteiger partial charge in [0, 0.05) is 24.7 Å². The molecule has 0 aliphatic carbocycles. The minimum absolute atomic E-state index is 0.0326. The van der Waals surface area contributed by atoms with Crippen LogP contribution in [0.15, 0.2) is 65.6 Å². The highest BCUT2D eigenvalue weighted by Crippen LogP contribution is 2.33. The molecule has 3 aromatic carbocycles. The van der Waals surface area contributed by atoms with E-state index in [2.05, 4.69) is 5.32 Å². The first-order valence-electron chi connectivity index (χ1n) is 11.9. The third-order valence-electron chi connectivity index (χ3n) is 6.09. The smallest absolute Gasteiger partial charge is 0.264 e. The van der Waals surface area contributed by atoms with Crippen molar-refractivity contribution in [3.63, 3.8) is 0 Å². The largest absolute Gasteiger partial charge is 0.493 e. The van der Waals surface area contributed by atoms with Crippen LogP contribution in [0, 0.1) is 0 Å². The highest BCUT2D eigenvalue weighted by molar-refractivity contribution is 7.92. The zero-order valence-electron chi connectivity index (χ0n) is 22.2. The van der Waals surface area contributed by atoms with Crippen LogP contribution in [0.3, 0.4) is 0 Å². The molecule has 1 atom stereocenters. The molecule has 0 unspecified atom stereocenters. The van der Waals surface area contributed by atoms with Crippen molar-refractivity contribution in [2.45, 2.75) is 24.4 Å². The molecule has 0 aliphatic rings. The number of likely N-dealkylation sites (N-methyl/N-ethyl adjacent to an activating group) is 1. The molecular formula is C27H28Cl3N3O6S. The lowest BCUT2D eigenvalue weighted by Gasteiger charge is -2.32. The van der Waals surface area contributed by atoms with E-state index in [4.69, 9.17) is 44.3 Å². The summed E-state index contributed by atoms with van der Waals surface area (Å²) in [5.41, 5.74) is 0.786. The van der Waals surface area contributed by atoms with Crippen molar-refractivity contribution >= 4 is 62.3 Å². The summed E-state index contributed by atoms with van der Waals surface area (Å²) in [6, 6.07) is 14.0. The van der Waals surface area contributed by atoms with Crippen LogP contribution in [-0.4, -0.2) is 59.0 Å². The van der Waals surface area contributed by atoms with Gasteiger partial charge in [-0.15, -0.1) is 0 Å². The molecule has 0 saturated heterocycles. The van der Waals surface area contributed by atoms with Crippen LogP contribution in [0.25, 0.3) is 0 Å². The molecule has 0 aromatic heterocycles. The first-order chi connectivity index (χ1) is 18.9. The number of hydrogen-bond donors (Lipinski definition) is 1. The van der Waals surface area contributed by atoms with E-state index in [9.17, 15) is 18.0 Å². The van der Waals surface area contributed by atoms with Gasteiger partial charge in [0.15, 0.2) is 11.5 Å². The van der Waals surface area contributed by atoms with Crippen LogP contribution >= 0.6 is 34.8 Å². The number of benzene rings is 3. The number of anilines is 1. The second-order valence-corrected chi connectivity index (χ2v) is 11.7. The van der Waals surface area contributed by atoms with E-state index in [1.165, 1.54) is 68.6 Å². The van der Waals surface area contributed by atoms with Gasteiger partial charge in [-0.3, -0.25) is 13.9 Å². The van der Waals surface area contributed by atoms with Crippen LogP contribution in [0.1, 0.15) is 12.5 Å². The Kier molecular flexibility index (Phi) is 10.5. The third-order valence-corrected chi connectivity index (χ3v) is 8.85. The Labute approximate surface area is 248 Å². The van der Waals surface area contributed by atoms with Crippen molar-refractivity contribution in [2.24, 2.45) is 0 Å². The van der Waals surface area contributed by atoms with Gasteiger partial charge in [-0.2, -0.15) is 0 Å². The van der Waals surface area contributed by atoms with Crippen molar-refractivity contribution in [3.05, 3.63) is 81.3 Å². The monoisotopic (exact) mass is 627 g/mol. The fourth-order valence-corrected chi connectivity index (χ4v) is 5.74. The first kappa shape index (κ1) is 31.3. The van der Waals surface area contributed by atoms with Crippen LogP contribution < -0.4 is 19.1 Å². The summed E-state index contributed by atoms with van der Waals surface area (Å²) in [4.78, 5) is 27.5. The van der Waals surface area contributed by atoms with Gasteiger partial charge in [0.1, 0.15) is 12.6 Å². The SMILES string of the molecule is CNC(=O)[C@@H](C)N(Cc1ccc(Cl)c(Cl)c1)C(=O)CN(c1ccc(Cl)cc1)S(=O)(=O)c1ccc(OC)c(OC)c1. The number of sulfonamides is 1. The number of rotatable bonds is 11. The predicted molar refractivity (Wildman–Crippen MR) is 156 cm³/mol. The number of nitrogens with one attached hydrogen (secondary N) is 1. The number of carbonyl (C=O) groups is 2. The van der Waals surface area contributed by atoms with Gasteiger partial charge in [-0.1, -0.05) is 40.9 Å². The first-order valence-corrected chi connectivity index (χ1v) is 14.5. The Morgan fingerprint density at radius 2 is 1.55 bits per heavy atom. The molecule has 0 spiro atoms. The van der Waals surface area contributed by atoms with Crippen LogP contribution in [-0.2, 0) is 26.2 Å². The maximum Gasteiger partial charge on any atom is 0.264 e.